The van der Waals surface area contributed by atoms with Gasteiger partial charge >= 0.3 is 0 Å². The first-order chi connectivity index (χ1) is 9.87. The molecule has 0 radical (unpaired) electrons. The molecule has 21 heavy (non-hydrogen) atoms. The molecule has 118 valence electrons. The third-order valence-corrected chi connectivity index (χ3v) is 4.17. The first-order valence-electron chi connectivity index (χ1n) is 7.46. The summed E-state index contributed by atoms with van der Waals surface area (Å²) in [6, 6.07) is 3.65. The van der Waals surface area contributed by atoms with E-state index >= 15 is 0 Å². The van der Waals surface area contributed by atoms with E-state index in [9.17, 15) is 8.78 Å². The van der Waals surface area contributed by atoms with Crippen LogP contribution in [0.1, 0.15) is 19.4 Å². The number of piperazine rings is 1. The molecule has 0 atom stereocenters. The molecule has 3 nitrogen and oxygen atoms in total. The number of hydrogen-bond acceptors (Lipinski definition) is 3. The highest BCUT2D eigenvalue weighted by atomic mass is 19.1. The second kappa shape index (κ2) is 6.81. The Labute approximate surface area is 125 Å². The largest absolute Gasteiger partial charge is 0.311 e. The van der Waals surface area contributed by atoms with E-state index in [0.717, 1.165) is 38.8 Å². The summed E-state index contributed by atoms with van der Waals surface area (Å²) in [7, 11) is 2.14. The lowest BCUT2D eigenvalue weighted by Crippen LogP contribution is -2.57. The fourth-order valence-electron chi connectivity index (χ4n) is 2.75. The van der Waals surface area contributed by atoms with Crippen LogP contribution in [0.4, 0.5) is 8.78 Å². The van der Waals surface area contributed by atoms with Gasteiger partial charge in [0.05, 0.1) is 0 Å². The minimum atomic E-state index is -0.523. The zero-order valence-corrected chi connectivity index (χ0v) is 13.1. The van der Waals surface area contributed by atoms with Crippen molar-refractivity contribution in [1.29, 1.82) is 0 Å². The maximum Gasteiger partial charge on any atom is 0.126 e. The average Bonchev–Trinajstić information content (AvgIpc) is 2.37. The van der Waals surface area contributed by atoms with Crippen molar-refractivity contribution in [3.63, 3.8) is 0 Å². The zero-order chi connectivity index (χ0) is 15.5. The Balaban J connectivity index is 1.84. The van der Waals surface area contributed by atoms with Crippen LogP contribution in [0.3, 0.4) is 0 Å². The summed E-state index contributed by atoms with van der Waals surface area (Å²) in [6.07, 6.45) is 0. The summed E-state index contributed by atoms with van der Waals surface area (Å²) >= 11 is 0. The highest BCUT2D eigenvalue weighted by Gasteiger charge is 2.28. The molecule has 5 heteroatoms. The fraction of sp³-hybridized carbons (Fsp3) is 0.625. The Morgan fingerprint density at radius 2 is 1.62 bits per heavy atom. The highest BCUT2D eigenvalue weighted by Crippen LogP contribution is 2.16. The van der Waals surface area contributed by atoms with Crippen molar-refractivity contribution in [3.05, 3.63) is 35.4 Å². The summed E-state index contributed by atoms with van der Waals surface area (Å²) in [5, 5.41) is 3.32. The third-order valence-electron chi connectivity index (χ3n) is 4.17. The van der Waals surface area contributed by atoms with E-state index in [1.807, 2.05) is 0 Å². The predicted octanol–water partition coefficient (Wildman–Crippen LogP) is 2.08. The van der Waals surface area contributed by atoms with Crippen molar-refractivity contribution in [2.75, 3.05) is 39.8 Å². The molecule has 1 aromatic carbocycles. The summed E-state index contributed by atoms with van der Waals surface area (Å²) in [5.41, 5.74) is 0.675. The second-order valence-corrected chi connectivity index (χ2v) is 6.48. The number of rotatable bonds is 5. The van der Waals surface area contributed by atoms with Gasteiger partial charge in [-0.3, -0.25) is 4.90 Å². The van der Waals surface area contributed by atoms with Gasteiger partial charge in [-0.1, -0.05) is 0 Å². The number of benzene rings is 1. The van der Waals surface area contributed by atoms with Crippen LogP contribution in [-0.4, -0.2) is 55.1 Å². The van der Waals surface area contributed by atoms with Gasteiger partial charge in [0.2, 0.25) is 0 Å². The molecule has 0 spiro atoms. The van der Waals surface area contributed by atoms with Crippen molar-refractivity contribution in [1.82, 2.24) is 15.1 Å². The molecule has 1 saturated heterocycles. The van der Waals surface area contributed by atoms with Crippen LogP contribution in [0.2, 0.25) is 0 Å². The predicted molar refractivity (Wildman–Crippen MR) is 81.2 cm³/mol. The monoisotopic (exact) mass is 297 g/mol. The molecular formula is C16H25F2N3. The van der Waals surface area contributed by atoms with Gasteiger partial charge in [0.1, 0.15) is 11.6 Å². The normalized spacial score (nSPS) is 18.1. The molecule has 1 fully saturated rings. The molecule has 1 aliphatic rings. The van der Waals surface area contributed by atoms with Crippen molar-refractivity contribution in [2.45, 2.75) is 25.9 Å². The molecule has 0 aromatic heterocycles. The Hall–Kier alpha value is -1.04. The first-order valence-corrected chi connectivity index (χ1v) is 7.46. The topological polar surface area (TPSA) is 18.5 Å². The van der Waals surface area contributed by atoms with Gasteiger partial charge in [0.15, 0.2) is 0 Å². The van der Waals surface area contributed by atoms with Crippen LogP contribution >= 0.6 is 0 Å². The van der Waals surface area contributed by atoms with E-state index in [4.69, 9.17) is 0 Å². The van der Waals surface area contributed by atoms with Crippen LogP contribution in [0.5, 0.6) is 0 Å². The summed E-state index contributed by atoms with van der Waals surface area (Å²) in [6.45, 7) is 9.95. The van der Waals surface area contributed by atoms with Crippen LogP contribution in [0.15, 0.2) is 18.2 Å². The molecule has 0 aliphatic carbocycles. The summed E-state index contributed by atoms with van der Waals surface area (Å²) < 4.78 is 26.3. The molecule has 0 unspecified atom stereocenters. The molecule has 1 aliphatic heterocycles. The molecule has 1 heterocycles. The van der Waals surface area contributed by atoms with Crippen molar-refractivity contribution in [2.24, 2.45) is 0 Å². The second-order valence-electron chi connectivity index (χ2n) is 6.48. The third kappa shape index (κ3) is 4.73. The van der Waals surface area contributed by atoms with Crippen molar-refractivity contribution < 1.29 is 8.78 Å². The maximum absolute atomic E-state index is 13.1. The van der Waals surface area contributed by atoms with Crippen LogP contribution < -0.4 is 5.32 Å². The van der Waals surface area contributed by atoms with Gasteiger partial charge in [0.25, 0.3) is 0 Å². The molecule has 1 N–H and O–H groups in total. The smallest absolute Gasteiger partial charge is 0.126 e. The van der Waals surface area contributed by atoms with Gasteiger partial charge < -0.3 is 10.2 Å². The minimum Gasteiger partial charge on any atom is -0.311 e. The quantitative estimate of drug-likeness (QED) is 0.898. The number of likely N-dealkylation sites (N-methyl/N-ethyl adjacent to an activating group) is 1. The van der Waals surface area contributed by atoms with Gasteiger partial charge in [-0.25, -0.2) is 8.78 Å². The first kappa shape index (κ1) is 16.3. The lowest BCUT2D eigenvalue weighted by molar-refractivity contribution is 0.0618. The van der Waals surface area contributed by atoms with Crippen LogP contribution in [-0.2, 0) is 6.54 Å². The molecule has 0 bridgehead atoms. The van der Waals surface area contributed by atoms with E-state index in [2.05, 4.69) is 36.0 Å². The van der Waals surface area contributed by atoms with Crippen molar-refractivity contribution >= 4 is 0 Å². The maximum atomic E-state index is 13.1. The Morgan fingerprint density at radius 3 is 2.19 bits per heavy atom. The van der Waals surface area contributed by atoms with E-state index < -0.39 is 11.6 Å². The average molecular weight is 297 g/mol. The number of hydrogen-bond donors (Lipinski definition) is 1. The van der Waals surface area contributed by atoms with Crippen LogP contribution in [0, 0.1) is 11.6 Å². The Kier molecular flexibility index (Phi) is 5.30. The van der Waals surface area contributed by atoms with Crippen LogP contribution in [0.25, 0.3) is 0 Å². The zero-order valence-electron chi connectivity index (χ0n) is 13.1. The SMILES string of the molecule is CN1CCN(C(C)(C)CNCc2cc(F)cc(F)c2)CC1. The Morgan fingerprint density at radius 1 is 1.05 bits per heavy atom. The van der Waals surface area contributed by atoms with E-state index in [1.54, 1.807) is 0 Å². The molecule has 0 saturated carbocycles. The Bertz CT molecular complexity index is 448. The minimum absolute atomic E-state index is 0.0349. The molecule has 2 rings (SSSR count). The van der Waals surface area contributed by atoms with Gasteiger partial charge in [-0.05, 0) is 38.6 Å². The van der Waals surface area contributed by atoms with E-state index in [0.29, 0.717) is 12.1 Å². The summed E-state index contributed by atoms with van der Waals surface area (Å²) in [5.74, 6) is -1.05. The fourth-order valence-corrected chi connectivity index (χ4v) is 2.75. The molecular weight excluding hydrogens is 272 g/mol. The van der Waals surface area contributed by atoms with Gasteiger partial charge in [-0.2, -0.15) is 0 Å². The van der Waals surface area contributed by atoms with Gasteiger partial charge in [-0.15, -0.1) is 0 Å². The number of halogens is 2. The lowest BCUT2D eigenvalue weighted by atomic mass is 10.0. The summed E-state index contributed by atoms with van der Waals surface area (Å²) in [4.78, 5) is 4.79. The number of nitrogens with one attached hydrogen (secondary N) is 1. The molecule has 1 aromatic rings. The highest BCUT2D eigenvalue weighted by molar-refractivity contribution is 5.17. The van der Waals surface area contributed by atoms with E-state index in [-0.39, 0.29) is 5.54 Å². The van der Waals surface area contributed by atoms with Gasteiger partial charge in [0, 0.05) is 50.9 Å². The standard InChI is InChI=1S/C16H25F2N3/c1-16(2,21-6-4-20(3)5-7-21)12-19-11-13-8-14(17)10-15(18)9-13/h8-10,19H,4-7,11-12H2,1-3H3. The molecule has 0 amide bonds. The van der Waals surface area contributed by atoms with E-state index in [1.165, 1.54) is 12.1 Å². The lowest BCUT2D eigenvalue weighted by Gasteiger charge is -2.43. The van der Waals surface area contributed by atoms with Crippen molar-refractivity contribution in [3.8, 4) is 0 Å². The number of nitrogens with zero attached hydrogens (tertiary/aromatic N) is 2.